The molecule has 2 rings (SSSR count). The summed E-state index contributed by atoms with van der Waals surface area (Å²) in [6.45, 7) is 0. The fourth-order valence-electron chi connectivity index (χ4n) is 1.32. The SMILES string of the molecule is Nc1cc(-c2cnc(C(F)(F)F)[nH]2)ccc1F. The molecule has 0 atom stereocenters. The van der Waals surface area contributed by atoms with Crippen LogP contribution in [0.15, 0.2) is 24.4 Å². The van der Waals surface area contributed by atoms with Gasteiger partial charge >= 0.3 is 6.18 Å². The number of nitrogen functional groups attached to an aromatic ring is 1. The van der Waals surface area contributed by atoms with Gasteiger partial charge in [0.05, 0.1) is 17.6 Å². The third kappa shape index (κ3) is 2.22. The van der Waals surface area contributed by atoms with Crippen molar-refractivity contribution in [3.8, 4) is 11.3 Å². The van der Waals surface area contributed by atoms with Gasteiger partial charge in [0.2, 0.25) is 5.82 Å². The monoisotopic (exact) mass is 245 g/mol. The summed E-state index contributed by atoms with van der Waals surface area (Å²) in [4.78, 5) is 5.30. The summed E-state index contributed by atoms with van der Waals surface area (Å²) in [5.41, 5.74) is 5.65. The number of benzene rings is 1. The van der Waals surface area contributed by atoms with E-state index < -0.39 is 17.8 Å². The van der Waals surface area contributed by atoms with Gasteiger partial charge in [-0.15, -0.1) is 0 Å². The zero-order valence-corrected chi connectivity index (χ0v) is 8.35. The van der Waals surface area contributed by atoms with Gasteiger partial charge in [-0.1, -0.05) is 0 Å². The molecule has 0 aliphatic rings. The van der Waals surface area contributed by atoms with Gasteiger partial charge in [-0.3, -0.25) is 0 Å². The molecule has 0 saturated heterocycles. The van der Waals surface area contributed by atoms with Crippen molar-refractivity contribution in [1.82, 2.24) is 9.97 Å². The standard InChI is InChI=1S/C10H7F4N3/c11-6-2-1-5(3-7(6)15)8-4-16-9(17-8)10(12,13)14/h1-4H,15H2,(H,16,17). The maximum absolute atomic E-state index is 12.9. The van der Waals surface area contributed by atoms with Gasteiger partial charge in [0, 0.05) is 5.56 Å². The lowest BCUT2D eigenvalue weighted by Crippen LogP contribution is -2.07. The number of H-pyrrole nitrogens is 1. The minimum atomic E-state index is -4.54. The van der Waals surface area contributed by atoms with Gasteiger partial charge in [0.25, 0.3) is 0 Å². The topological polar surface area (TPSA) is 54.7 Å². The molecule has 90 valence electrons. The molecule has 1 aromatic carbocycles. The number of imidazole rings is 1. The average molecular weight is 245 g/mol. The van der Waals surface area contributed by atoms with Crippen LogP contribution in [0.5, 0.6) is 0 Å². The number of alkyl halides is 3. The molecular weight excluding hydrogens is 238 g/mol. The normalized spacial score (nSPS) is 11.8. The summed E-state index contributed by atoms with van der Waals surface area (Å²) >= 11 is 0. The Morgan fingerprint density at radius 1 is 1.24 bits per heavy atom. The highest BCUT2D eigenvalue weighted by molar-refractivity contribution is 5.63. The van der Waals surface area contributed by atoms with E-state index in [1.807, 2.05) is 0 Å². The predicted octanol–water partition coefficient (Wildman–Crippen LogP) is 2.82. The number of halogens is 4. The number of aromatic nitrogens is 2. The number of rotatable bonds is 1. The van der Waals surface area contributed by atoms with E-state index >= 15 is 0 Å². The molecule has 7 heteroatoms. The van der Waals surface area contributed by atoms with Crippen LogP contribution in [0.2, 0.25) is 0 Å². The Morgan fingerprint density at radius 3 is 2.47 bits per heavy atom. The maximum atomic E-state index is 12.9. The number of nitrogens with two attached hydrogens (primary N) is 1. The van der Waals surface area contributed by atoms with Gasteiger partial charge < -0.3 is 10.7 Å². The first-order chi connectivity index (χ1) is 7.88. The molecule has 0 unspecified atom stereocenters. The van der Waals surface area contributed by atoms with Gasteiger partial charge in [-0.05, 0) is 18.2 Å². The van der Waals surface area contributed by atoms with Crippen LogP contribution in [0.25, 0.3) is 11.3 Å². The number of nitrogens with one attached hydrogen (secondary N) is 1. The van der Waals surface area contributed by atoms with Crippen LogP contribution in [-0.2, 0) is 6.18 Å². The van der Waals surface area contributed by atoms with Crippen molar-refractivity contribution in [2.45, 2.75) is 6.18 Å². The Balaban J connectivity index is 2.40. The molecule has 17 heavy (non-hydrogen) atoms. The van der Waals surface area contributed by atoms with Gasteiger partial charge in [0.15, 0.2) is 0 Å². The Labute approximate surface area is 93.3 Å². The Kier molecular flexibility index (Phi) is 2.53. The lowest BCUT2D eigenvalue weighted by Gasteiger charge is -2.02. The van der Waals surface area contributed by atoms with Crippen LogP contribution < -0.4 is 5.73 Å². The van der Waals surface area contributed by atoms with E-state index in [2.05, 4.69) is 9.97 Å². The summed E-state index contributed by atoms with van der Waals surface area (Å²) in [6.07, 6.45) is -3.51. The van der Waals surface area contributed by atoms with Crippen LogP contribution in [0.1, 0.15) is 5.82 Å². The van der Waals surface area contributed by atoms with Crippen molar-refractivity contribution in [1.29, 1.82) is 0 Å². The van der Waals surface area contributed by atoms with Crippen LogP contribution in [0.3, 0.4) is 0 Å². The molecule has 0 aliphatic carbocycles. The molecule has 0 spiro atoms. The number of hydrogen-bond donors (Lipinski definition) is 2. The van der Waals surface area contributed by atoms with Crippen LogP contribution in [-0.4, -0.2) is 9.97 Å². The minimum absolute atomic E-state index is 0.129. The fourth-order valence-corrected chi connectivity index (χ4v) is 1.32. The van der Waals surface area contributed by atoms with E-state index in [1.54, 1.807) is 0 Å². The quantitative estimate of drug-likeness (QED) is 0.599. The summed E-state index contributed by atoms with van der Waals surface area (Å²) in [5, 5.41) is 0. The molecule has 3 N–H and O–H groups in total. The van der Waals surface area contributed by atoms with Crippen LogP contribution in [0, 0.1) is 5.82 Å². The van der Waals surface area contributed by atoms with Crippen molar-refractivity contribution in [3.63, 3.8) is 0 Å². The Hall–Kier alpha value is -2.05. The molecule has 0 amide bonds. The number of hydrogen-bond acceptors (Lipinski definition) is 2. The number of anilines is 1. The van der Waals surface area contributed by atoms with Crippen molar-refractivity contribution in [2.24, 2.45) is 0 Å². The lowest BCUT2D eigenvalue weighted by molar-refractivity contribution is -0.144. The fraction of sp³-hybridized carbons (Fsp3) is 0.100. The van der Waals surface area contributed by atoms with Crippen LogP contribution in [0.4, 0.5) is 23.2 Å². The molecule has 1 heterocycles. The third-order valence-electron chi connectivity index (χ3n) is 2.15. The predicted molar refractivity (Wildman–Crippen MR) is 53.4 cm³/mol. The Bertz CT molecular complexity index is 545. The highest BCUT2D eigenvalue weighted by Gasteiger charge is 2.34. The summed E-state index contributed by atoms with van der Waals surface area (Å²) in [6, 6.07) is 3.64. The molecule has 3 nitrogen and oxygen atoms in total. The van der Waals surface area contributed by atoms with Gasteiger partial charge in [0.1, 0.15) is 5.82 Å². The third-order valence-corrected chi connectivity index (χ3v) is 2.15. The first kappa shape index (κ1) is 11.4. The highest BCUT2D eigenvalue weighted by Crippen LogP contribution is 2.29. The summed E-state index contributed by atoms with van der Waals surface area (Å²) < 4.78 is 49.7. The minimum Gasteiger partial charge on any atom is -0.396 e. The average Bonchev–Trinajstić information content (AvgIpc) is 2.70. The molecular formula is C10H7F4N3. The smallest absolute Gasteiger partial charge is 0.396 e. The van der Waals surface area contributed by atoms with E-state index in [9.17, 15) is 17.6 Å². The molecule has 1 aromatic heterocycles. The van der Waals surface area contributed by atoms with Crippen molar-refractivity contribution in [2.75, 3.05) is 5.73 Å². The van der Waals surface area contributed by atoms with Crippen molar-refractivity contribution >= 4 is 5.69 Å². The second-order valence-electron chi connectivity index (χ2n) is 3.38. The molecule has 2 aromatic rings. The zero-order chi connectivity index (χ0) is 12.6. The lowest BCUT2D eigenvalue weighted by atomic mass is 10.1. The highest BCUT2D eigenvalue weighted by atomic mass is 19.4. The van der Waals surface area contributed by atoms with E-state index in [1.165, 1.54) is 12.1 Å². The first-order valence-corrected chi connectivity index (χ1v) is 4.55. The first-order valence-electron chi connectivity index (χ1n) is 4.55. The van der Waals surface area contributed by atoms with E-state index in [0.717, 1.165) is 12.3 Å². The Morgan fingerprint density at radius 2 is 1.94 bits per heavy atom. The number of aromatic amines is 1. The molecule has 0 aliphatic heterocycles. The summed E-state index contributed by atoms with van der Waals surface area (Å²) in [5.74, 6) is -1.72. The van der Waals surface area contributed by atoms with E-state index in [-0.39, 0.29) is 11.4 Å². The van der Waals surface area contributed by atoms with Gasteiger partial charge in [-0.25, -0.2) is 9.37 Å². The van der Waals surface area contributed by atoms with Crippen molar-refractivity contribution < 1.29 is 17.6 Å². The summed E-state index contributed by atoms with van der Waals surface area (Å²) in [7, 11) is 0. The second kappa shape index (κ2) is 3.76. The molecule has 0 fully saturated rings. The molecule has 0 radical (unpaired) electrons. The molecule has 0 saturated carbocycles. The van der Waals surface area contributed by atoms with E-state index in [0.29, 0.717) is 5.56 Å². The second-order valence-corrected chi connectivity index (χ2v) is 3.38. The largest absolute Gasteiger partial charge is 0.449 e. The zero-order valence-electron chi connectivity index (χ0n) is 8.35. The molecule has 0 bridgehead atoms. The number of nitrogens with zero attached hydrogens (tertiary/aromatic N) is 1. The van der Waals surface area contributed by atoms with Gasteiger partial charge in [-0.2, -0.15) is 13.2 Å². The van der Waals surface area contributed by atoms with Crippen molar-refractivity contribution in [3.05, 3.63) is 36.0 Å². The van der Waals surface area contributed by atoms with Crippen LogP contribution >= 0.6 is 0 Å². The maximum Gasteiger partial charge on any atom is 0.449 e. The van der Waals surface area contributed by atoms with E-state index in [4.69, 9.17) is 5.73 Å².